The van der Waals surface area contributed by atoms with Gasteiger partial charge in [-0.05, 0) is 61.6 Å². The Bertz CT molecular complexity index is 539. The molecule has 0 spiro atoms. The number of aliphatic hydroxyl groups is 1. The van der Waals surface area contributed by atoms with Crippen molar-refractivity contribution in [1.29, 1.82) is 5.26 Å². The molecule has 0 bridgehead atoms. The molecule has 1 atom stereocenters. The van der Waals surface area contributed by atoms with Gasteiger partial charge in [-0.15, -0.1) is 0 Å². The molecule has 1 fully saturated rings. The van der Waals surface area contributed by atoms with Crippen molar-refractivity contribution in [2.45, 2.75) is 52.6 Å². The highest BCUT2D eigenvalue weighted by Gasteiger charge is 2.42. The van der Waals surface area contributed by atoms with Gasteiger partial charge in [0.05, 0.1) is 17.6 Å². The van der Waals surface area contributed by atoms with E-state index in [0.29, 0.717) is 11.8 Å². The van der Waals surface area contributed by atoms with Crippen LogP contribution in [0.1, 0.15) is 56.8 Å². The SMILES string of the molecule is Cc1ccc(C(O)C2(C#N)CCC(C(C)C)CC2)cc1Br. The standard InChI is InChI=1S/C18H24BrNO/c1-12(2)14-6-8-18(11-20,9-7-14)17(21)15-5-4-13(3)16(19)10-15/h4-5,10,12,14,17,21H,6-9H2,1-3H3. The predicted octanol–water partition coefficient (Wildman–Crippen LogP) is 5.15. The molecule has 0 aliphatic heterocycles. The molecule has 1 N–H and O–H groups in total. The van der Waals surface area contributed by atoms with Gasteiger partial charge in [0.15, 0.2) is 0 Å². The molecule has 1 aliphatic carbocycles. The van der Waals surface area contributed by atoms with E-state index < -0.39 is 11.5 Å². The molecule has 1 unspecified atom stereocenters. The lowest BCUT2D eigenvalue weighted by atomic mass is 9.65. The third-order valence-electron chi connectivity index (χ3n) is 5.12. The number of hydrogen-bond acceptors (Lipinski definition) is 2. The molecule has 0 saturated heterocycles. The number of aryl methyl sites for hydroxylation is 1. The first kappa shape index (κ1) is 16.5. The Morgan fingerprint density at radius 1 is 1.33 bits per heavy atom. The van der Waals surface area contributed by atoms with Crippen molar-refractivity contribution in [1.82, 2.24) is 0 Å². The van der Waals surface area contributed by atoms with Crippen LogP contribution in [0, 0.1) is 35.5 Å². The van der Waals surface area contributed by atoms with Crippen LogP contribution in [0.5, 0.6) is 0 Å². The van der Waals surface area contributed by atoms with E-state index in [4.69, 9.17) is 0 Å². The second-order valence-corrected chi connectivity index (χ2v) is 7.61. The highest BCUT2D eigenvalue weighted by Crippen LogP contribution is 2.48. The summed E-state index contributed by atoms with van der Waals surface area (Å²) in [6.45, 7) is 6.52. The molecule has 1 aromatic rings. The van der Waals surface area contributed by atoms with E-state index in [-0.39, 0.29) is 0 Å². The molecule has 0 radical (unpaired) electrons. The van der Waals surface area contributed by atoms with Crippen LogP contribution in [-0.4, -0.2) is 5.11 Å². The second kappa shape index (κ2) is 6.50. The van der Waals surface area contributed by atoms with E-state index in [2.05, 4.69) is 35.8 Å². The van der Waals surface area contributed by atoms with Gasteiger partial charge in [0.25, 0.3) is 0 Å². The van der Waals surface area contributed by atoms with E-state index in [1.165, 1.54) is 0 Å². The first-order chi connectivity index (χ1) is 9.89. The third kappa shape index (κ3) is 3.33. The zero-order valence-electron chi connectivity index (χ0n) is 13.1. The lowest BCUT2D eigenvalue weighted by molar-refractivity contribution is 0.0190. The summed E-state index contributed by atoms with van der Waals surface area (Å²) in [5.74, 6) is 1.34. The molecule has 2 rings (SSSR count). The van der Waals surface area contributed by atoms with Crippen LogP contribution in [0.2, 0.25) is 0 Å². The molecule has 2 nitrogen and oxygen atoms in total. The number of halogens is 1. The van der Waals surface area contributed by atoms with E-state index in [1.54, 1.807) is 0 Å². The maximum atomic E-state index is 10.8. The number of benzene rings is 1. The first-order valence-electron chi connectivity index (χ1n) is 7.75. The maximum absolute atomic E-state index is 10.8. The maximum Gasteiger partial charge on any atom is 0.0976 e. The van der Waals surface area contributed by atoms with Crippen LogP contribution in [-0.2, 0) is 0 Å². The molecule has 0 aromatic heterocycles. The molecular weight excluding hydrogens is 326 g/mol. The molecule has 0 heterocycles. The zero-order valence-corrected chi connectivity index (χ0v) is 14.7. The van der Waals surface area contributed by atoms with Crippen LogP contribution in [0.15, 0.2) is 22.7 Å². The smallest absolute Gasteiger partial charge is 0.0976 e. The Balaban J connectivity index is 2.21. The minimum atomic E-state index is -0.701. The van der Waals surface area contributed by atoms with Crippen molar-refractivity contribution in [3.05, 3.63) is 33.8 Å². The molecule has 1 aliphatic rings. The highest BCUT2D eigenvalue weighted by atomic mass is 79.9. The molecular formula is C18H24BrNO. The minimum Gasteiger partial charge on any atom is -0.387 e. The fourth-order valence-electron chi connectivity index (χ4n) is 3.37. The van der Waals surface area contributed by atoms with E-state index in [0.717, 1.165) is 41.3 Å². The number of rotatable bonds is 3. The van der Waals surface area contributed by atoms with Gasteiger partial charge < -0.3 is 5.11 Å². The largest absolute Gasteiger partial charge is 0.387 e. The first-order valence-corrected chi connectivity index (χ1v) is 8.54. The highest BCUT2D eigenvalue weighted by molar-refractivity contribution is 9.10. The van der Waals surface area contributed by atoms with Crippen molar-refractivity contribution in [2.75, 3.05) is 0 Å². The lowest BCUT2D eigenvalue weighted by Gasteiger charge is -2.39. The van der Waals surface area contributed by atoms with Crippen molar-refractivity contribution in [2.24, 2.45) is 17.3 Å². The van der Waals surface area contributed by atoms with Crippen molar-refractivity contribution in [3.63, 3.8) is 0 Å². The normalized spacial score (nSPS) is 27.4. The molecule has 1 aromatic carbocycles. The molecule has 0 amide bonds. The van der Waals surface area contributed by atoms with Crippen LogP contribution in [0.3, 0.4) is 0 Å². The van der Waals surface area contributed by atoms with Gasteiger partial charge in [-0.2, -0.15) is 5.26 Å². The third-order valence-corrected chi connectivity index (χ3v) is 5.98. The Morgan fingerprint density at radius 2 is 1.95 bits per heavy atom. The Labute approximate surface area is 136 Å². The second-order valence-electron chi connectivity index (χ2n) is 6.76. The van der Waals surface area contributed by atoms with Gasteiger partial charge in [-0.25, -0.2) is 0 Å². The summed E-state index contributed by atoms with van der Waals surface area (Å²) >= 11 is 3.51. The summed E-state index contributed by atoms with van der Waals surface area (Å²) in [7, 11) is 0. The topological polar surface area (TPSA) is 44.0 Å². The quantitative estimate of drug-likeness (QED) is 0.820. The van der Waals surface area contributed by atoms with Crippen molar-refractivity contribution < 1.29 is 5.11 Å². The average molecular weight is 350 g/mol. The fraction of sp³-hybridized carbons (Fsp3) is 0.611. The number of aliphatic hydroxyl groups excluding tert-OH is 1. The van der Waals surface area contributed by atoms with Gasteiger partial charge in [-0.3, -0.25) is 0 Å². The summed E-state index contributed by atoms with van der Waals surface area (Å²) in [5.41, 5.74) is 1.36. The van der Waals surface area contributed by atoms with E-state index in [9.17, 15) is 10.4 Å². The van der Waals surface area contributed by atoms with Crippen molar-refractivity contribution >= 4 is 15.9 Å². The predicted molar refractivity (Wildman–Crippen MR) is 88.7 cm³/mol. The monoisotopic (exact) mass is 349 g/mol. The number of nitrogens with zero attached hydrogens (tertiary/aromatic N) is 1. The van der Waals surface area contributed by atoms with Crippen LogP contribution in [0.4, 0.5) is 0 Å². The van der Waals surface area contributed by atoms with Crippen molar-refractivity contribution in [3.8, 4) is 6.07 Å². The van der Waals surface area contributed by atoms with Gasteiger partial charge in [0.1, 0.15) is 0 Å². The minimum absolute atomic E-state index is 0.625. The summed E-state index contributed by atoms with van der Waals surface area (Å²) in [5, 5.41) is 20.5. The average Bonchev–Trinajstić information content (AvgIpc) is 2.49. The van der Waals surface area contributed by atoms with E-state index in [1.807, 2.05) is 25.1 Å². The Hall–Kier alpha value is -0.850. The fourth-order valence-corrected chi connectivity index (χ4v) is 3.76. The van der Waals surface area contributed by atoms with Crippen LogP contribution < -0.4 is 0 Å². The van der Waals surface area contributed by atoms with Gasteiger partial charge >= 0.3 is 0 Å². The van der Waals surface area contributed by atoms with Crippen LogP contribution in [0.25, 0.3) is 0 Å². The number of nitriles is 1. The molecule has 114 valence electrons. The zero-order chi connectivity index (χ0) is 15.6. The summed E-state index contributed by atoms with van der Waals surface area (Å²) in [6.07, 6.45) is 2.95. The van der Waals surface area contributed by atoms with Gasteiger partial charge in [0.2, 0.25) is 0 Å². The summed E-state index contributed by atoms with van der Waals surface area (Å²) < 4.78 is 0.989. The molecule has 1 saturated carbocycles. The summed E-state index contributed by atoms with van der Waals surface area (Å²) in [4.78, 5) is 0. The summed E-state index contributed by atoms with van der Waals surface area (Å²) in [6, 6.07) is 8.33. The van der Waals surface area contributed by atoms with Gasteiger partial charge in [-0.1, -0.05) is 41.9 Å². The Kier molecular flexibility index (Phi) is 5.11. The van der Waals surface area contributed by atoms with Crippen LogP contribution >= 0.6 is 15.9 Å². The molecule has 21 heavy (non-hydrogen) atoms. The number of hydrogen-bond donors (Lipinski definition) is 1. The van der Waals surface area contributed by atoms with E-state index >= 15 is 0 Å². The Morgan fingerprint density at radius 3 is 2.43 bits per heavy atom. The molecule has 3 heteroatoms. The van der Waals surface area contributed by atoms with Gasteiger partial charge in [0, 0.05) is 4.47 Å². The lowest BCUT2D eigenvalue weighted by Crippen LogP contribution is -2.33.